The number of carbonyl (C=O) groups excluding carboxylic acids is 1. The van der Waals surface area contributed by atoms with E-state index in [0.717, 1.165) is 10.8 Å². The lowest BCUT2D eigenvalue weighted by atomic mass is 10.1. The van der Waals surface area contributed by atoms with Gasteiger partial charge in [0.1, 0.15) is 0 Å². The zero-order valence-corrected chi connectivity index (χ0v) is 14.4. The van der Waals surface area contributed by atoms with Crippen LogP contribution in [0.25, 0.3) is 10.8 Å². The van der Waals surface area contributed by atoms with Crippen molar-refractivity contribution in [1.29, 1.82) is 0 Å². The highest BCUT2D eigenvalue weighted by molar-refractivity contribution is 7.54. The number of benzene rings is 2. The summed E-state index contributed by atoms with van der Waals surface area (Å²) in [6.07, 6.45) is 0. The summed E-state index contributed by atoms with van der Waals surface area (Å²) < 4.78 is 29.1. The van der Waals surface area contributed by atoms with E-state index in [1.165, 1.54) is 6.92 Å². The van der Waals surface area contributed by atoms with Gasteiger partial charge in [0.15, 0.2) is 0 Å². The maximum absolute atomic E-state index is 13.1. The van der Waals surface area contributed by atoms with Gasteiger partial charge in [0.05, 0.1) is 13.2 Å². The van der Waals surface area contributed by atoms with Crippen molar-refractivity contribution in [3.8, 4) is 0 Å². The Morgan fingerprint density at radius 3 is 2.22 bits per heavy atom. The Morgan fingerprint density at radius 1 is 1.04 bits per heavy atom. The monoisotopic (exact) mass is 336 g/mol. The van der Waals surface area contributed by atoms with Gasteiger partial charge in [-0.1, -0.05) is 36.4 Å². The van der Waals surface area contributed by atoms with Gasteiger partial charge in [-0.05, 0) is 30.7 Å². The number of hydrogen-bond acceptors (Lipinski definition) is 5. The lowest BCUT2D eigenvalue weighted by Crippen LogP contribution is -2.13. The van der Waals surface area contributed by atoms with Crippen LogP contribution in [0.1, 0.15) is 32.2 Å². The Balaban J connectivity index is 2.50. The molecule has 0 N–H and O–H groups in total. The van der Waals surface area contributed by atoms with E-state index in [-0.39, 0.29) is 13.2 Å². The minimum atomic E-state index is -3.63. The minimum absolute atomic E-state index is 0.197. The van der Waals surface area contributed by atoms with Crippen LogP contribution in [-0.4, -0.2) is 19.2 Å². The maximum Gasteiger partial charge on any atom is 0.375 e. The molecule has 23 heavy (non-hydrogen) atoms. The Hall–Kier alpha value is -1.68. The van der Waals surface area contributed by atoms with E-state index >= 15 is 0 Å². The van der Waals surface area contributed by atoms with Gasteiger partial charge in [-0.2, -0.15) is 0 Å². The number of carbonyl (C=O) groups is 1. The van der Waals surface area contributed by atoms with E-state index in [1.807, 2.05) is 36.4 Å². The molecule has 0 aromatic heterocycles. The summed E-state index contributed by atoms with van der Waals surface area (Å²) >= 11 is 0. The molecule has 0 radical (unpaired) electrons. The molecule has 0 saturated heterocycles. The van der Waals surface area contributed by atoms with Crippen LogP contribution in [0.2, 0.25) is 0 Å². The molecule has 2 rings (SSSR count). The molecule has 0 fully saturated rings. The summed E-state index contributed by atoms with van der Waals surface area (Å²) in [5.74, 6) is -1.62. The fourth-order valence-corrected chi connectivity index (χ4v) is 4.23. The van der Waals surface area contributed by atoms with Crippen LogP contribution >= 0.6 is 7.60 Å². The van der Waals surface area contributed by atoms with Crippen LogP contribution in [0.15, 0.2) is 42.5 Å². The smallest absolute Gasteiger partial charge is 0.375 e. The zero-order valence-electron chi connectivity index (χ0n) is 13.5. The first-order valence-corrected chi connectivity index (χ1v) is 9.16. The average molecular weight is 336 g/mol. The second kappa shape index (κ2) is 7.73. The molecule has 1 atom stereocenters. The number of ether oxygens (including phenoxy) is 1. The first kappa shape index (κ1) is 17.7. The quantitative estimate of drug-likeness (QED) is 0.543. The minimum Gasteiger partial charge on any atom is -0.445 e. The lowest BCUT2D eigenvalue weighted by molar-refractivity contribution is -0.144. The van der Waals surface area contributed by atoms with Crippen LogP contribution in [0.5, 0.6) is 0 Å². The third-order valence-corrected chi connectivity index (χ3v) is 5.46. The first-order chi connectivity index (χ1) is 11.0. The number of rotatable bonds is 7. The molecule has 0 aliphatic heterocycles. The van der Waals surface area contributed by atoms with Crippen molar-refractivity contribution >= 4 is 24.3 Å². The van der Waals surface area contributed by atoms with Gasteiger partial charge in [0, 0.05) is 12.5 Å². The van der Waals surface area contributed by atoms with Crippen molar-refractivity contribution in [3.63, 3.8) is 0 Å². The topological polar surface area (TPSA) is 61.8 Å². The van der Waals surface area contributed by atoms with E-state index in [4.69, 9.17) is 13.8 Å². The summed E-state index contributed by atoms with van der Waals surface area (Å²) in [5.41, 5.74) is 0.587. The molecule has 1 unspecified atom stereocenters. The fraction of sp³-hybridized carbons (Fsp3) is 0.353. The molecule has 0 saturated carbocycles. The lowest BCUT2D eigenvalue weighted by Gasteiger charge is -2.26. The molecule has 0 aliphatic rings. The number of fused-ring (bicyclic) bond motifs is 1. The summed E-state index contributed by atoms with van der Waals surface area (Å²) in [4.78, 5) is 11.5. The van der Waals surface area contributed by atoms with Crippen molar-refractivity contribution in [1.82, 2.24) is 0 Å². The van der Waals surface area contributed by atoms with Gasteiger partial charge in [-0.15, -0.1) is 0 Å². The van der Waals surface area contributed by atoms with Crippen molar-refractivity contribution in [2.24, 2.45) is 0 Å². The zero-order chi connectivity index (χ0) is 16.9. The summed E-state index contributed by atoms with van der Waals surface area (Å²) in [7, 11) is -3.63. The predicted octanol–water partition coefficient (Wildman–Crippen LogP) is 4.67. The highest BCUT2D eigenvalue weighted by atomic mass is 31.2. The number of hydrogen-bond donors (Lipinski definition) is 0. The Bertz CT molecular complexity index is 718. The molecule has 124 valence electrons. The molecule has 2 aromatic rings. The summed E-state index contributed by atoms with van der Waals surface area (Å²) in [5, 5.41) is 2.00. The van der Waals surface area contributed by atoms with Crippen molar-refractivity contribution < 1.29 is 23.1 Å². The van der Waals surface area contributed by atoms with Crippen LogP contribution in [-0.2, 0) is 23.1 Å². The van der Waals surface area contributed by atoms with Gasteiger partial charge in [-0.3, -0.25) is 9.36 Å². The molecule has 0 aliphatic carbocycles. The Labute approximate surface area is 136 Å². The van der Waals surface area contributed by atoms with Crippen LogP contribution in [0, 0.1) is 0 Å². The van der Waals surface area contributed by atoms with E-state index in [9.17, 15) is 9.36 Å². The fourth-order valence-electron chi connectivity index (χ4n) is 2.37. The SMILES string of the molecule is CCOP(=O)(OCC)C(OC(C)=O)c1ccc2ccccc2c1. The normalized spacial score (nSPS) is 13.0. The highest BCUT2D eigenvalue weighted by Crippen LogP contribution is 2.61. The largest absolute Gasteiger partial charge is 0.445 e. The molecule has 6 heteroatoms. The molecular formula is C17H21O5P. The van der Waals surface area contributed by atoms with Crippen molar-refractivity contribution in [2.45, 2.75) is 26.6 Å². The highest BCUT2D eigenvalue weighted by Gasteiger charge is 2.39. The van der Waals surface area contributed by atoms with Gasteiger partial charge >= 0.3 is 13.6 Å². The van der Waals surface area contributed by atoms with Gasteiger partial charge < -0.3 is 13.8 Å². The molecule has 0 spiro atoms. The summed E-state index contributed by atoms with van der Waals surface area (Å²) in [6, 6.07) is 13.3. The second-order valence-electron chi connectivity index (χ2n) is 4.94. The van der Waals surface area contributed by atoms with E-state index in [2.05, 4.69) is 0 Å². The standard InChI is InChI=1S/C17H21O5P/c1-4-20-23(19,21-5-2)17(22-13(3)18)16-11-10-14-8-6-7-9-15(14)12-16/h6-12,17H,4-5H2,1-3H3. The van der Waals surface area contributed by atoms with Crippen LogP contribution < -0.4 is 0 Å². The predicted molar refractivity (Wildman–Crippen MR) is 89.3 cm³/mol. The average Bonchev–Trinajstić information content (AvgIpc) is 2.52. The van der Waals surface area contributed by atoms with Crippen molar-refractivity contribution in [2.75, 3.05) is 13.2 Å². The maximum atomic E-state index is 13.1. The van der Waals surface area contributed by atoms with Crippen molar-refractivity contribution in [3.05, 3.63) is 48.0 Å². The molecule has 0 bridgehead atoms. The molecule has 0 heterocycles. The van der Waals surface area contributed by atoms with E-state index in [0.29, 0.717) is 5.56 Å². The first-order valence-electron chi connectivity index (χ1n) is 7.55. The number of esters is 1. The Morgan fingerprint density at radius 2 is 1.65 bits per heavy atom. The molecular weight excluding hydrogens is 315 g/mol. The second-order valence-corrected chi connectivity index (χ2v) is 7.01. The van der Waals surface area contributed by atoms with Gasteiger partial charge in [0.2, 0.25) is 5.85 Å². The molecule has 0 amide bonds. The Kier molecular flexibility index (Phi) is 5.94. The summed E-state index contributed by atoms with van der Waals surface area (Å²) in [6.45, 7) is 5.11. The van der Waals surface area contributed by atoms with E-state index < -0.39 is 19.4 Å². The van der Waals surface area contributed by atoms with E-state index in [1.54, 1.807) is 19.9 Å². The van der Waals surface area contributed by atoms with Crippen LogP contribution in [0.3, 0.4) is 0 Å². The third-order valence-electron chi connectivity index (χ3n) is 3.24. The molecule has 5 nitrogen and oxygen atoms in total. The van der Waals surface area contributed by atoms with Gasteiger partial charge in [0.25, 0.3) is 0 Å². The molecule has 2 aromatic carbocycles. The third kappa shape index (κ3) is 4.20. The van der Waals surface area contributed by atoms with Gasteiger partial charge in [-0.25, -0.2) is 0 Å². The van der Waals surface area contributed by atoms with Crippen LogP contribution in [0.4, 0.5) is 0 Å².